The molecule has 4 aromatic rings. The lowest BCUT2D eigenvalue weighted by Gasteiger charge is -2.05. The van der Waals surface area contributed by atoms with Gasteiger partial charge in [0.2, 0.25) is 22.1 Å². The molecule has 0 aromatic carbocycles. The molecule has 2 atom stereocenters. The Morgan fingerprint density at radius 2 is 1.23 bits per heavy atom. The fraction of sp³-hybridized carbons (Fsp3) is 0.304. The quantitative estimate of drug-likeness (QED) is 0.370. The molecular weight excluding hydrogens is 484 g/mol. The maximum absolute atomic E-state index is 12.3. The van der Waals surface area contributed by atoms with Gasteiger partial charge in [-0.1, -0.05) is 34.8 Å². The van der Waals surface area contributed by atoms with Gasteiger partial charge in [-0.25, -0.2) is 0 Å². The van der Waals surface area contributed by atoms with Gasteiger partial charge in [-0.3, -0.25) is 19.6 Å². The Balaban J connectivity index is 1.13. The van der Waals surface area contributed by atoms with E-state index in [2.05, 4.69) is 41.0 Å². The van der Waals surface area contributed by atoms with Crippen LogP contribution in [-0.2, 0) is 22.4 Å². The highest BCUT2D eigenvalue weighted by Crippen LogP contribution is 2.45. The van der Waals surface area contributed by atoms with Gasteiger partial charge in [0.1, 0.15) is 10.0 Å². The molecule has 178 valence electrons. The van der Waals surface area contributed by atoms with Crippen molar-refractivity contribution in [1.82, 2.24) is 30.4 Å². The minimum Gasteiger partial charge on any atom is -0.300 e. The summed E-state index contributed by atoms with van der Waals surface area (Å²) in [6, 6.07) is 11.0. The largest absolute Gasteiger partial charge is 0.300 e. The van der Waals surface area contributed by atoms with Crippen molar-refractivity contribution in [3.05, 3.63) is 70.2 Å². The Bertz CT molecular complexity index is 1200. The van der Waals surface area contributed by atoms with Crippen LogP contribution in [0.3, 0.4) is 0 Å². The van der Waals surface area contributed by atoms with Crippen molar-refractivity contribution in [2.45, 2.75) is 43.9 Å². The van der Waals surface area contributed by atoms with Gasteiger partial charge in [0, 0.05) is 35.6 Å². The van der Waals surface area contributed by atoms with Crippen LogP contribution < -0.4 is 10.6 Å². The van der Waals surface area contributed by atoms with E-state index in [0.717, 1.165) is 29.3 Å². The molecule has 0 unspecified atom stereocenters. The Morgan fingerprint density at radius 1 is 0.743 bits per heavy atom. The van der Waals surface area contributed by atoms with Gasteiger partial charge in [0.25, 0.3) is 0 Å². The Morgan fingerprint density at radius 3 is 1.66 bits per heavy atom. The number of carbonyl (C=O) groups excluding carboxylic acids is 2. The maximum atomic E-state index is 12.3. The normalized spacial score (nSPS) is 17.3. The lowest BCUT2D eigenvalue weighted by molar-refractivity contribution is -0.116. The number of aromatic nitrogens is 6. The van der Waals surface area contributed by atoms with Crippen molar-refractivity contribution < 1.29 is 9.59 Å². The maximum Gasteiger partial charge on any atom is 0.232 e. The second kappa shape index (κ2) is 10.7. The average Bonchev–Trinajstić information content (AvgIpc) is 3.61. The van der Waals surface area contributed by atoms with Crippen LogP contribution >= 0.6 is 22.7 Å². The number of carbonyl (C=O) groups is 2. The van der Waals surface area contributed by atoms with Crippen LogP contribution in [0, 0.1) is 0 Å². The zero-order valence-electron chi connectivity index (χ0n) is 18.6. The minimum absolute atomic E-state index is 0.165. The predicted octanol–water partition coefficient (Wildman–Crippen LogP) is 3.59. The van der Waals surface area contributed by atoms with E-state index in [1.807, 2.05) is 36.4 Å². The molecule has 4 heterocycles. The third-order valence-corrected chi connectivity index (χ3v) is 7.64. The molecule has 12 heteroatoms. The number of anilines is 2. The molecule has 4 aromatic heterocycles. The van der Waals surface area contributed by atoms with E-state index >= 15 is 0 Å². The molecule has 0 aliphatic heterocycles. The standard InChI is InChI=1S/C23H22N8O2S2/c32-18(12-16-5-1-3-9-24-16)26-22-30-28-20(34-22)14-7-8-15(11-14)21-29-31-23(35-21)27-19(33)13-17-6-2-4-10-25-17/h1-6,9-10,14-15H,7-8,11-13H2,(H,26,30,32)(H,27,31,33)/t14-,15-/m0/s1. The topological polar surface area (TPSA) is 136 Å². The number of pyridine rings is 2. The van der Waals surface area contributed by atoms with Crippen molar-refractivity contribution >= 4 is 44.8 Å². The van der Waals surface area contributed by atoms with Gasteiger partial charge in [0.05, 0.1) is 12.8 Å². The van der Waals surface area contributed by atoms with Crippen LogP contribution in [0.1, 0.15) is 52.5 Å². The third kappa shape index (κ3) is 6.08. The molecule has 0 saturated heterocycles. The molecule has 2 N–H and O–H groups in total. The average molecular weight is 507 g/mol. The summed E-state index contributed by atoms with van der Waals surface area (Å²) in [6.07, 6.45) is 6.52. The van der Waals surface area contributed by atoms with Gasteiger partial charge < -0.3 is 10.6 Å². The molecular formula is C23H22N8O2S2. The van der Waals surface area contributed by atoms with Crippen LogP contribution in [0.5, 0.6) is 0 Å². The monoisotopic (exact) mass is 506 g/mol. The van der Waals surface area contributed by atoms with E-state index < -0.39 is 0 Å². The number of amides is 2. The summed E-state index contributed by atoms with van der Waals surface area (Å²) in [5.74, 6) is 0.180. The number of hydrogen-bond donors (Lipinski definition) is 2. The first-order valence-electron chi connectivity index (χ1n) is 11.2. The van der Waals surface area contributed by atoms with E-state index in [9.17, 15) is 9.59 Å². The number of rotatable bonds is 8. The Hall–Kier alpha value is -3.64. The molecule has 0 radical (unpaired) electrons. The van der Waals surface area contributed by atoms with Crippen molar-refractivity contribution in [3.8, 4) is 0 Å². The van der Waals surface area contributed by atoms with E-state index in [1.54, 1.807) is 12.4 Å². The summed E-state index contributed by atoms with van der Waals surface area (Å²) in [6.45, 7) is 0. The molecule has 35 heavy (non-hydrogen) atoms. The molecule has 0 spiro atoms. The fourth-order valence-corrected chi connectivity index (χ4v) is 5.81. The molecule has 1 aliphatic rings. The van der Waals surface area contributed by atoms with E-state index in [-0.39, 0.29) is 36.5 Å². The van der Waals surface area contributed by atoms with Crippen molar-refractivity contribution in [1.29, 1.82) is 0 Å². The van der Waals surface area contributed by atoms with Gasteiger partial charge in [0.15, 0.2) is 0 Å². The van der Waals surface area contributed by atoms with Gasteiger partial charge in [-0.15, -0.1) is 20.4 Å². The number of nitrogens with zero attached hydrogens (tertiary/aromatic N) is 6. The first-order chi connectivity index (χ1) is 17.1. The molecule has 1 saturated carbocycles. The SMILES string of the molecule is O=C(Cc1ccccn1)Nc1nnc([C@H]2CC[C@H](c3nnc(NC(=O)Cc4ccccn4)s3)C2)s1. The molecule has 0 bridgehead atoms. The Kier molecular flexibility index (Phi) is 7.09. The predicted molar refractivity (Wildman–Crippen MR) is 132 cm³/mol. The molecule has 10 nitrogen and oxygen atoms in total. The second-order valence-corrected chi connectivity index (χ2v) is 10.2. The Labute approximate surface area is 209 Å². The zero-order valence-corrected chi connectivity index (χ0v) is 20.3. The first-order valence-corrected chi connectivity index (χ1v) is 12.8. The summed E-state index contributed by atoms with van der Waals surface area (Å²) in [5, 5.41) is 25.4. The van der Waals surface area contributed by atoms with Crippen molar-refractivity contribution in [3.63, 3.8) is 0 Å². The van der Waals surface area contributed by atoms with E-state index in [4.69, 9.17) is 0 Å². The number of hydrogen-bond acceptors (Lipinski definition) is 10. The van der Waals surface area contributed by atoms with Crippen LogP contribution in [0.25, 0.3) is 0 Å². The highest BCUT2D eigenvalue weighted by Gasteiger charge is 2.32. The summed E-state index contributed by atoms with van der Waals surface area (Å²) >= 11 is 2.82. The van der Waals surface area contributed by atoms with E-state index in [1.165, 1.54) is 22.7 Å². The van der Waals surface area contributed by atoms with Gasteiger partial charge in [-0.05, 0) is 43.5 Å². The van der Waals surface area contributed by atoms with Crippen LogP contribution in [0.15, 0.2) is 48.8 Å². The molecule has 1 aliphatic carbocycles. The smallest absolute Gasteiger partial charge is 0.232 e. The lowest BCUT2D eigenvalue weighted by Crippen LogP contribution is -2.14. The zero-order chi connectivity index (χ0) is 24.0. The van der Waals surface area contributed by atoms with Gasteiger partial charge >= 0.3 is 0 Å². The van der Waals surface area contributed by atoms with Gasteiger partial charge in [-0.2, -0.15) is 0 Å². The second-order valence-electron chi connectivity index (χ2n) is 8.19. The summed E-state index contributed by atoms with van der Waals surface area (Å²) in [5.41, 5.74) is 1.41. The third-order valence-electron chi connectivity index (χ3n) is 5.64. The lowest BCUT2D eigenvalue weighted by atomic mass is 10.1. The first kappa shape index (κ1) is 23.1. The highest BCUT2D eigenvalue weighted by atomic mass is 32.1. The van der Waals surface area contributed by atoms with Crippen LogP contribution in [-0.4, -0.2) is 42.2 Å². The highest BCUT2D eigenvalue weighted by molar-refractivity contribution is 7.15. The molecule has 2 amide bonds. The summed E-state index contributed by atoms with van der Waals surface area (Å²) in [7, 11) is 0. The minimum atomic E-state index is -0.165. The van der Waals surface area contributed by atoms with E-state index in [0.29, 0.717) is 21.7 Å². The number of nitrogens with one attached hydrogen (secondary N) is 2. The van der Waals surface area contributed by atoms with Crippen LogP contribution in [0.2, 0.25) is 0 Å². The molecule has 5 rings (SSSR count). The fourth-order valence-electron chi connectivity index (χ4n) is 3.99. The van der Waals surface area contributed by atoms with Crippen molar-refractivity contribution in [2.24, 2.45) is 0 Å². The summed E-state index contributed by atoms with van der Waals surface area (Å²) < 4.78 is 0. The van der Waals surface area contributed by atoms with Crippen molar-refractivity contribution in [2.75, 3.05) is 10.6 Å². The summed E-state index contributed by atoms with van der Waals surface area (Å²) in [4.78, 5) is 32.9. The molecule has 1 fully saturated rings. The van der Waals surface area contributed by atoms with Crippen LogP contribution in [0.4, 0.5) is 10.3 Å².